The van der Waals surface area contributed by atoms with Crippen LogP contribution >= 0.6 is 11.3 Å². The molecule has 0 spiro atoms. The maximum absolute atomic E-state index is 8.57. The second kappa shape index (κ2) is 7.10. The molecule has 1 rings (SSSR count). The van der Waals surface area contributed by atoms with E-state index >= 15 is 0 Å². The first kappa shape index (κ1) is 10.7. The lowest BCUT2D eigenvalue weighted by Gasteiger charge is -1.98. The topological polar surface area (TPSA) is 20.2 Å². The molecule has 1 heterocycles. The van der Waals surface area contributed by atoms with Gasteiger partial charge in [-0.15, -0.1) is 11.3 Å². The zero-order chi connectivity index (χ0) is 9.36. The SMILES string of the molecule is OCCCCCCCc1cccs1. The first-order valence-electron chi connectivity index (χ1n) is 5.06. The van der Waals surface area contributed by atoms with Crippen LogP contribution in [0.2, 0.25) is 0 Å². The van der Waals surface area contributed by atoms with Gasteiger partial charge in [0.1, 0.15) is 0 Å². The molecular formula is C11H18OS. The highest BCUT2D eigenvalue weighted by Crippen LogP contribution is 2.13. The molecule has 0 aliphatic carbocycles. The van der Waals surface area contributed by atoms with Crippen molar-refractivity contribution in [2.45, 2.75) is 38.5 Å². The standard InChI is InChI=1S/C11H18OS/c12-9-5-3-1-2-4-7-11-8-6-10-13-11/h6,8,10,12H,1-5,7,9H2. The lowest BCUT2D eigenvalue weighted by atomic mass is 10.1. The van der Waals surface area contributed by atoms with Gasteiger partial charge in [-0.05, 0) is 30.7 Å². The van der Waals surface area contributed by atoms with Crippen molar-refractivity contribution in [3.63, 3.8) is 0 Å². The molecule has 0 aliphatic heterocycles. The van der Waals surface area contributed by atoms with Crippen LogP contribution < -0.4 is 0 Å². The molecule has 0 atom stereocenters. The number of aryl methyl sites for hydroxylation is 1. The molecule has 0 aromatic carbocycles. The summed E-state index contributed by atoms with van der Waals surface area (Å²) in [5, 5.41) is 10.7. The molecule has 0 saturated heterocycles. The maximum Gasteiger partial charge on any atom is 0.0431 e. The van der Waals surface area contributed by atoms with E-state index in [0.29, 0.717) is 6.61 Å². The lowest BCUT2D eigenvalue weighted by molar-refractivity contribution is 0.282. The minimum atomic E-state index is 0.352. The Bertz CT molecular complexity index is 194. The van der Waals surface area contributed by atoms with Crippen LogP contribution in [0.4, 0.5) is 0 Å². The van der Waals surface area contributed by atoms with E-state index in [1.54, 1.807) is 0 Å². The number of aliphatic hydroxyl groups is 1. The summed E-state index contributed by atoms with van der Waals surface area (Å²) in [5.74, 6) is 0. The van der Waals surface area contributed by atoms with E-state index in [4.69, 9.17) is 5.11 Å². The fourth-order valence-corrected chi connectivity index (χ4v) is 2.15. The molecule has 0 unspecified atom stereocenters. The highest BCUT2D eigenvalue weighted by molar-refractivity contribution is 7.09. The van der Waals surface area contributed by atoms with E-state index in [1.807, 2.05) is 11.3 Å². The van der Waals surface area contributed by atoms with Gasteiger partial charge in [-0.1, -0.05) is 25.3 Å². The van der Waals surface area contributed by atoms with E-state index < -0.39 is 0 Å². The van der Waals surface area contributed by atoms with Crippen molar-refractivity contribution >= 4 is 11.3 Å². The first-order chi connectivity index (χ1) is 6.43. The molecule has 1 N–H and O–H groups in total. The number of unbranched alkanes of at least 4 members (excludes halogenated alkanes) is 4. The Kier molecular flexibility index (Phi) is 5.87. The Morgan fingerprint density at radius 3 is 2.54 bits per heavy atom. The van der Waals surface area contributed by atoms with E-state index in [-0.39, 0.29) is 0 Å². The van der Waals surface area contributed by atoms with Crippen molar-refractivity contribution < 1.29 is 5.11 Å². The van der Waals surface area contributed by atoms with Crippen molar-refractivity contribution in [2.24, 2.45) is 0 Å². The van der Waals surface area contributed by atoms with E-state index in [2.05, 4.69) is 17.5 Å². The molecule has 2 heteroatoms. The molecule has 0 bridgehead atoms. The third-order valence-electron chi connectivity index (χ3n) is 2.16. The Morgan fingerprint density at radius 2 is 1.85 bits per heavy atom. The van der Waals surface area contributed by atoms with Crippen molar-refractivity contribution in [1.29, 1.82) is 0 Å². The van der Waals surface area contributed by atoms with Crippen LogP contribution in [0, 0.1) is 0 Å². The number of rotatable bonds is 7. The van der Waals surface area contributed by atoms with E-state index in [9.17, 15) is 0 Å². The molecule has 1 nitrogen and oxygen atoms in total. The summed E-state index contributed by atoms with van der Waals surface area (Å²) in [6, 6.07) is 4.32. The van der Waals surface area contributed by atoms with Crippen LogP contribution in [0.1, 0.15) is 37.0 Å². The Labute approximate surface area is 84.4 Å². The second-order valence-corrected chi connectivity index (χ2v) is 4.35. The molecule has 0 saturated carbocycles. The molecule has 1 aromatic rings. The van der Waals surface area contributed by atoms with Gasteiger partial charge in [0.15, 0.2) is 0 Å². The zero-order valence-electron chi connectivity index (χ0n) is 8.04. The van der Waals surface area contributed by atoms with Crippen molar-refractivity contribution in [3.8, 4) is 0 Å². The fraction of sp³-hybridized carbons (Fsp3) is 0.636. The highest BCUT2D eigenvalue weighted by atomic mass is 32.1. The number of aliphatic hydroxyl groups excluding tert-OH is 1. The largest absolute Gasteiger partial charge is 0.396 e. The Balaban J connectivity index is 1.90. The van der Waals surface area contributed by atoms with Gasteiger partial charge >= 0.3 is 0 Å². The van der Waals surface area contributed by atoms with Gasteiger partial charge in [0.05, 0.1) is 0 Å². The van der Waals surface area contributed by atoms with E-state index in [0.717, 1.165) is 6.42 Å². The molecule has 0 fully saturated rings. The van der Waals surface area contributed by atoms with Crippen LogP contribution in [0.15, 0.2) is 17.5 Å². The van der Waals surface area contributed by atoms with Crippen LogP contribution in [-0.2, 0) is 6.42 Å². The Morgan fingerprint density at radius 1 is 1.08 bits per heavy atom. The van der Waals surface area contributed by atoms with Crippen molar-refractivity contribution in [3.05, 3.63) is 22.4 Å². The summed E-state index contributed by atoms with van der Waals surface area (Å²) < 4.78 is 0. The number of hydrogen-bond donors (Lipinski definition) is 1. The summed E-state index contributed by atoms with van der Waals surface area (Å²) in [6.45, 7) is 0.352. The molecule has 13 heavy (non-hydrogen) atoms. The summed E-state index contributed by atoms with van der Waals surface area (Å²) in [5.41, 5.74) is 0. The van der Waals surface area contributed by atoms with Gasteiger partial charge in [0.2, 0.25) is 0 Å². The van der Waals surface area contributed by atoms with Gasteiger partial charge in [-0.25, -0.2) is 0 Å². The number of thiophene rings is 1. The molecule has 0 amide bonds. The summed E-state index contributed by atoms with van der Waals surface area (Å²) in [4.78, 5) is 1.50. The minimum absolute atomic E-state index is 0.352. The monoisotopic (exact) mass is 198 g/mol. The predicted octanol–water partition coefficient (Wildman–Crippen LogP) is 3.23. The van der Waals surface area contributed by atoms with Crippen LogP contribution in [0.25, 0.3) is 0 Å². The van der Waals surface area contributed by atoms with Crippen molar-refractivity contribution in [2.75, 3.05) is 6.61 Å². The highest BCUT2D eigenvalue weighted by Gasteiger charge is 1.93. The third kappa shape index (κ3) is 5.06. The number of hydrogen-bond acceptors (Lipinski definition) is 2. The summed E-state index contributed by atoms with van der Waals surface area (Å²) in [6.07, 6.45) is 7.26. The first-order valence-corrected chi connectivity index (χ1v) is 5.94. The lowest BCUT2D eigenvalue weighted by Crippen LogP contribution is -1.85. The van der Waals surface area contributed by atoms with Crippen LogP contribution in [0.5, 0.6) is 0 Å². The molecular weight excluding hydrogens is 180 g/mol. The van der Waals surface area contributed by atoms with Gasteiger partial charge in [-0.2, -0.15) is 0 Å². The maximum atomic E-state index is 8.57. The molecule has 1 aromatic heterocycles. The van der Waals surface area contributed by atoms with Gasteiger partial charge in [-0.3, -0.25) is 0 Å². The third-order valence-corrected chi connectivity index (χ3v) is 3.10. The second-order valence-electron chi connectivity index (χ2n) is 3.32. The molecule has 0 aliphatic rings. The predicted molar refractivity (Wildman–Crippen MR) is 58.2 cm³/mol. The van der Waals surface area contributed by atoms with Crippen LogP contribution in [-0.4, -0.2) is 11.7 Å². The Hall–Kier alpha value is -0.340. The smallest absolute Gasteiger partial charge is 0.0431 e. The van der Waals surface area contributed by atoms with Gasteiger partial charge in [0, 0.05) is 11.5 Å². The van der Waals surface area contributed by atoms with E-state index in [1.165, 1.54) is 37.0 Å². The fourth-order valence-electron chi connectivity index (χ4n) is 1.40. The van der Waals surface area contributed by atoms with Crippen molar-refractivity contribution in [1.82, 2.24) is 0 Å². The average molecular weight is 198 g/mol. The van der Waals surface area contributed by atoms with Gasteiger partial charge in [0.25, 0.3) is 0 Å². The molecule has 0 radical (unpaired) electrons. The quantitative estimate of drug-likeness (QED) is 0.667. The normalized spacial score (nSPS) is 10.5. The zero-order valence-corrected chi connectivity index (χ0v) is 8.85. The average Bonchev–Trinajstić information content (AvgIpc) is 2.63. The summed E-state index contributed by atoms with van der Waals surface area (Å²) in [7, 11) is 0. The summed E-state index contributed by atoms with van der Waals surface area (Å²) >= 11 is 1.85. The van der Waals surface area contributed by atoms with Gasteiger partial charge < -0.3 is 5.11 Å². The molecule has 74 valence electrons. The minimum Gasteiger partial charge on any atom is -0.396 e. The van der Waals surface area contributed by atoms with Crippen LogP contribution in [0.3, 0.4) is 0 Å².